The number of nitrogens with one attached hydrogen (secondary N) is 1. The van der Waals surface area contributed by atoms with E-state index in [4.69, 9.17) is 14.2 Å². The number of rotatable bonds is 5. The van der Waals surface area contributed by atoms with Gasteiger partial charge in [0.1, 0.15) is 6.04 Å². The Morgan fingerprint density at radius 1 is 1.24 bits per heavy atom. The topological polar surface area (TPSA) is 60.0 Å². The van der Waals surface area contributed by atoms with Crippen molar-refractivity contribution in [2.24, 2.45) is 0 Å². The summed E-state index contributed by atoms with van der Waals surface area (Å²) in [5.41, 5.74) is 2.37. The maximum absolute atomic E-state index is 12.9. The molecule has 6 nitrogen and oxygen atoms in total. The lowest BCUT2D eigenvalue weighted by molar-refractivity contribution is -0.140. The molecule has 3 rings (SSSR count). The highest BCUT2D eigenvalue weighted by atomic mass is 16.5. The maximum atomic E-state index is 12.9. The minimum absolute atomic E-state index is 0.0954. The second-order valence-corrected chi connectivity index (χ2v) is 6.45. The van der Waals surface area contributed by atoms with Crippen molar-refractivity contribution in [3.05, 3.63) is 23.3 Å². The molecule has 0 aliphatic carbocycles. The lowest BCUT2D eigenvalue weighted by Gasteiger charge is -2.36. The molecule has 2 aliphatic heterocycles. The van der Waals surface area contributed by atoms with Crippen molar-refractivity contribution in [3.63, 3.8) is 0 Å². The number of carbonyl (C=O) groups excluding carboxylic acids is 1. The summed E-state index contributed by atoms with van der Waals surface area (Å²) < 4.78 is 17.1. The molecule has 6 heteroatoms. The predicted molar refractivity (Wildman–Crippen MR) is 95.1 cm³/mol. The largest absolute Gasteiger partial charge is 0.490 e. The molecule has 2 heterocycles. The van der Waals surface area contributed by atoms with Crippen LogP contribution in [-0.2, 0) is 22.5 Å². The molecule has 25 heavy (non-hydrogen) atoms. The number of fused-ring (bicyclic) bond motifs is 1. The molecule has 0 unspecified atom stereocenters. The first-order valence-electron chi connectivity index (χ1n) is 9.19. The van der Waals surface area contributed by atoms with Gasteiger partial charge < -0.3 is 24.4 Å². The van der Waals surface area contributed by atoms with Crippen LogP contribution >= 0.6 is 0 Å². The lowest BCUT2D eigenvalue weighted by Crippen LogP contribution is -2.57. The van der Waals surface area contributed by atoms with Crippen molar-refractivity contribution in [1.82, 2.24) is 10.2 Å². The standard InChI is InChI=1S/C19H28N2O4/c1-4-23-16-10-14-6-8-21(12-15(14)11-17(16)24-5-2)19(22)18-13(3)25-9-7-20-18/h10-11,13,18,20H,4-9,12H2,1-3H3/t13-,18+/m1/s1. The summed E-state index contributed by atoms with van der Waals surface area (Å²) in [7, 11) is 0. The van der Waals surface area contributed by atoms with Crippen LogP contribution < -0.4 is 14.8 Å². The van der Waals surface area contributed by atoms with E-state index in [9.17, 15) is 4.79 Å². The first-order chi connectivity index (χ1) is 12.1. The van der Waals surface area contributed by atoms with E-state index in [1.807, 2.05) is 31.7 Å². The van der Waals surface area contributed by atoms with E-state index >= 15 is 0 Å². The van der Waals surface area contributed by atoms with E-state index in [-0.39, 0.29) is 18.1 Å². The zero-order valence-corrected chi connectivity index (χ0v) is 15.3. The first kappa shape index (κ1) is 18.0. The summed E-state index contributed by atoms with van der Waals surface area (Å²) in [4.78, 5) is 14.8. The van der Waals surface area contributed by atoms with Crippen LogP contribution in [0.3, 0.4) is 0 Å². The van der Waals surface area contributed by atoms with Gasteiger partial charge in [-0.05, 0) is 50.5 Å². The van der Waals surface area contributed by atoms with E-state index in [0.29, 0.717) is 26.4 Å². The van der Waals surface area contributed by atoms with Gasteiger partial charge in [0, 0.05) is 19.6 Å². The van der Waals surface area contributed by atoms with E-state index in [0.717, 1.165) is 36.6 Å². The van der Waals surface area contributed by atoms with Crippen LogP contribution in [0, 0.1) is 0 Å². The Bertz CT molecular complexity index is 620. The monoisotopic (exact) mass is 348 g/mol. The number of nitrogens with zero attached hydrogens (tertiary/aromatic N) is 1. The average Bonchev–Trinajstić information content (AvgIpc) is 2.62. The van der Waals surface area contributed by atoms with E-state index < -0.39 is 0 Å². The van der Waals surface area contributed by atoms with Crippen LogP contribution in [0.15, 0.2) is 12.1 Å². The van der Waals surface area contributed by atoms with E-state index in [1.54, 1.807) is 0 Å². The summed E-state index contributed by atoms with van der Waals surface area (Å²) in [6.45, 7) is 9.77. The number of carbonyl (C=O) groups is 1. The Morgan fingerprint density at radius 3 is 2.56 bits per heavy atom. The Morgan fingerprint density at radius 2 is 1.92 bits per heavy atom. The molecule has 1 N–H and O–H groups in total. The van der Waals surface area contributed by atoms with Crippen molar-refractivity contribution >= 4 is 5.91 Å². The Hall–Kier alpha value is -1.79. The van der Waals surface area contributed by atoms with Crippen molar-refractivity contribution in [2.75, 3.05) is 32.9 Å². The molecule has 1 aromatic carbocycles. The SMILES string of the molecule is CCOc1cc2c(cc1OCC)CN(C(=O)[C@H]1NCCO[C@@H]1C)CC2. The number of hydrogen-bond donors (Lipinski definition) is 1. The zero-order valence-electron chi connectivity index (χ0n) is 15.3. The summed E-state index contributed by atoms with van der Waals surface area (Å²) in [5.74, 6) is 1.66. The quantitative estimate of drug-likeness (QED) is 0.878. The lowest BCUT2D eigenvalue weighted by atomic mass is 9.97. The highest BCUT2D eigenvalue weighted by Gasteiger charge is 2.33. The third-order valence-electron chi connectivity index (χ3n) is 4.77. The molecule has 1 aromatic rings. The third kappa shape index (κ3) is 3.90. The Labute approximate surface area is 149 Å². The normalized spacial score (nSPS) is 23.1. The smallest absolute Gasteiger partial charge is 0.242 e. The first-order valence-corrected chi connectivity index (χ1v) is 9.19. The molecule has 0 aromatic heterocycles. The number of amides is 1. The summed E-state index contributed by atoms with van der Waals surface area (Å²) >= 11 is 0. The molecule has 0 spiro atoms. The highest BCUT2D eigenvalue weighted by molar-refractivity contribution is 5.83. The fourth-order valence-corrected chi connectivity index (χ4v) is 3.50. The van der Waals surface area contributed by atoms with Crippen molar-refractivity contribution in [1.29, 1.82) is 0 Å². The Kier molecular flexibility index (Phi) is 5.81. The predicted octanol–water partition coefficient (Wildman–Crippen LogP) is 1.75. The van der Waals surface area contributed by atoms with Gasteiger partial charge in [0.2, 0.25) is 5.91 Å². The average molecular weight is 348 g/mol. The third-order valence-corrected chi connectivity index (χ3v) is 4.77. The fraction of sp³-hybridized carbons (Fsp3) is 0.632. The molecule has 0 bridgehead atoms. The van der Waals surface area contributed by atoms with Gasteiger partial charge in [0.25, 0.3) is 0 Å². The molecular weight excluding hydrogens is 320 g/mol. The van der Waals surface area contributed by atoms with Gasteiger partial charge in [0.05, 0.1) is 25.9 Å². The van der Waals surface area contributed by atoms with Gasteiger partial charge in [-0.25, -0.2) is 0 Å². The number of morpholine rings is 1. The minimum atomic E-state index is -0.260. The van der Waals surface area contributed by atoms with Gasteiger partial charge in [-0.1, -0.05) is 0 Å². The molecule has 1 saturated heterocycles. The van der Waals surface area contributed by atoms with Crippen molar-refractivity contribution in [3.8, 4) is 11.5 Å². The molecular formula is C19H28N2O4. The fourth-order valence-electron chi connectivity index (χ4n) is 3.50. The molecule has 0 radical (unpaired) electrons. The molecule has 1 amide bonds. The van der Waals surface area contributed by atoms with Crippen LogP contribution in [-0.4, -0.2) is 55.9 Å². The van der Waals surface area contributed by atoms with Gasteiger partial charge in [-0.15, -0.1) is 0 Å². The molecule has 1 fully saturated rings. The second kappa shape index (κ2) is 8.06. The van der Waals surface area contributed by atoms with Crippen LogP contribution in [0.2, 0.25) is 0 Å². The minimum Gasteiger partial charge on any atom is -0.490 e. The summed E-state index contributed by atoms with van der Waals surface area (Å²) in [5, 5.41) is 3.29. The van der Waals surface area contributed by atoms with Crippen LogP contribution in [0.25, 0.3) is 0 Å². The van der Waals surface area contributed by atoms with E-state index in [1.165, 1.54) is 5.56 Å². The van der Waals surface area contributed by atoms with Gasteiger partial charge in [-0.3, -0.25) is 4.79 Å². The molecule has 2 atom stereocenters. The maximum Gasteiger partial charge on any atom is 0.242 e. The molecule has 2 aliphatic rings. The molecule has 0 saturated carbocycles. The number of benzene rings is 1. The van der Waals surface area contributed by atoms with Crippen LogP contribution in [0.4, 0.5) is 0 Å². The second-order valence-electron chi connectivity index (χ2n) is 6.45. The van der Waals surface area contributed by atoms with Crippen LogP contribution in [0.5, 0.6) is 11.5 Å². The molecule has 138 valence electrons. The summed E-state index contributed by atoms with van der Waals surface area (Å²) in [6, 6.07) is 3.83. The van der Waals surface area contributed by atoms with Gasteiger partial charge in [0.15, 0.2) is 11.5 Å². The van der Waals surface area contributed by atoms with E-state index in [2.05, 4.69) is 11.4 Å². The summed E-state index contributed by atoms with van der Waals surface area (Å²) in [6.07, 6.45) is 0.733. The highest BCUT2D eigenvalue weighted by Crippen LogP contribution is 2.34. The zero-order chi connectivity index (χ0) is 17.8. The van der Waals surface area contributed by atoms with Crippen molar-refractivity contribution < 1.29 is 19.0 Å². The van der Waals surface area contributed by atoms with Gasteiger partial charge >= 0.3 is 0 Å². The Balaban J connectivity index is 1.78. The van der Waals surface area contributed by atoms with Crippen LogP contribution in [0.1, 0.15) is 31.9 Å². The number of ether oxygens (including phenoxy) is 3. The number of hydrogen-bond acceptors (Lipinski definition) is 5. The van der Waals surface area contributed by atoms with Crippen molar-refractivity contribution in [2.45, 2.75) is 45.9 Å². The van der Waals surface area contributed by atoms with Gasteiger partial charge in [-0.2, -0.15) is 0 Å².